The van der Waals surface area contributed by atoms with Crippen molar-refractivity contribution < 1.29 is 18.9 Å². The van der Waals surface area contributed by atoms with Crippen LogP contribution in [0.25, 0.3) is 55.0 Å². The second kappa shape index (κ2) is 10.3. The van der Waals surface area contributed by atoms with Gasteiger partial charge in [-0.2, -0.15) is 0 Å². The lowest BCUT2D eigenvalue weighted by Crippen LogP contribution is -2.01. The maximum Gasteiger partial charge on any atom is 0.119 e. The van der Waals surface area contributed by atoms with Crippen molar-refractivity contribution in [3.63, 3.8) is 0 Å². The van der Waals surface area contributed by atoms with Gasteiger partial charge in [0.15, 0.2) is 0 Å². The molecule has 0 N–H and O–H groups in total. The summed E-state index contributed by atoms with van der Waals surface area (Å²) in [7, 11) is 6.76. The average Bonchev–Trinajstić information content (AvgIpc) is 3.52. The molecule has 42 heavy (non-hydrogen) atoms. The predicted octanol–water partition coefficient (Wildman–Crippen LogP) is 9.44. The maximum atomic E-state index is 5.59. The summed E-state index contributed by atoms with van der Waals surface area (Å²) in [6, 6.07) is 29.0. The number of benzene rings is 5. The van der Waals surface area contributed by atoms with Crippen molar-refractivity contribution in [2.45, 2.75) is 0 Å². The normalized spacial score (nSPS) is 11.6. The van der Waals surface area contributed by atoms with Crippen LogP contribution in [0.5, 0.6) is 23.0 Å². The Hall–Kier alpha value is -4.14. The Kier molecular flexibility index (Phi) is 6.55. The number of rotatable bonds is 6. The van der Waals surface area contributed by atoms with Crippen LogP contribution in [0.4, 0.5) is 0 Å². The zero-order chi connectivity index (χ0) is 29.1. The second-order valence-electron chi connectivity index (χ2n) is 9.96. The van der Waals surface area contributed by atoms with Gasteiger partial charge in [0.1, 0.15) is 23.0 Å². The summed E-state index contributed by atoms with van der Waals surface area (Å²) in [6.45, 7) is 0. The monoisotopic (exact) mass is 684 g/mol. The Balaban J connectivity index is 1.56. The Morgan fingerprint density at radius 2 is 0.690 bits per heavy atom. The van der Waals surface area contributed by atoms with E-state index >= 15 is 0 Å². The molecule has 6 nitrogen and oxygen atoms in total. The largest absolute Gasteiger partial charge is 0.497 e. The second-order valence-corrected chi connectivity index (χ2v) is 11.7. The molecule has 0 aliphatic rings. The van der Waals surface area contributed by atoms with E-state index in [0.29, 0.717) is 0 Å². The first-order valence-corrected chi connectivity index (χ1v) is 14.9. The molecule has 0 bridgehead atoms. The molecule has 0 spiro atoms. The third-order valence-corrected chi connectivity index (χ3v) is 9.13. The molecule has 0 unspecified atom stereocenters. The topological polar surface area (TPSA) is 46.8 Å². The van der Waals surface area contributed by atoms with Gasteiger partial charge in [0, 0.05) is 30.5 Å². The lowest BCUT2D eigenvalue weighted by molar-refractivity contribution is 0.415. The number of hydrogen-bond donors (Lipinski definition) is 0. The number of ether oxygens (including phenoxy) is 4. The Bertz CT molecular complexity index is 1910. The number of fused-ring (bicyclic) bond motifs is 6. The van der Waals surface area contributed by atoms with Gasteiger partial charge in [-0.1, -0.05) is 0 Å². The van der Waals surface area contributed by atoms with Gasteiger partial charge in [0.2, 0.25) is 0 Å². The van der Waals surface area contributed by atoms with Crippen LogP contribution >= 0.6 is 31.9 Å². The molecule has 0 amide bonds. The van der Waals surface area contributed by atoms with Gasteiger partial charge in [-0.25, -0.2) is 0 Å². The molecule has 210 valence electrons. The van der Waals surface area contributed by atoms with Gasteiger partial charge >= 0.3 is 0 Å². The minimum Gasteiger partial charge on any atom is -0.497 e. The quantitative estimate of drug-likeness (QED) is 0.175. The standard InChI is InChI=1S/C34H26Br2N2O4/c1-39-19-5-9-29-23(13-19)24-14-20(40-2)6-10-30(24)37(29)33-18-34(28(36)17-27(33)35)38-31-11-7-21(41-3)15-25(31)26-16-22(42-4)8-12-32(26)38/h5-18H,1-4H3. The van der Waals surface area contributed by atoms with Crippen LogP contribution in [0, 0.1) is 0 Å². The van der Waals surface area contributed by atoms with Crippen molar-refractivity contribution in [2.24, 2.45) is 0 Å². The molecule has 0 saturated carbocycles. The van der Waals surface area contributed by atoms with E-state index in [0.717, 1.165) is 86.9 Å². The van der Waals surface area contributed by atoms with E-state index < -0.39 is 0 Å². The van der Waals surface area contributed by atoms with Gasteiger partial charge < -0.3 is 28.1 Å². The molecule has 0 atom stereocenters. The highest BCUT2D eigenvalue weighted by molar-refractivity contribution is 9.11. The number of hydrogen-bond acceptors (Lipinski definition) is 4. The predicted molar refractivity (Wildman–Crippen MR) is 177 cm³/mol. The van der Waals surface area contributed by atoms with Crippen molar-refractivity contribution in [1.29, 1.82) is 0 Å². The Morgan fingerprint density at radius 1 is 0.405 bits per heavy atom. The molecular weight excluding hydrogens is 660 g/mol. The van der Waals surface area contributed by atoms with Crippen LogP contribution in [0.1, 0.15) is 0 Å². The van der Waals surface area contributed by atoms with Crippen LogP contribution in [-0.2, 0) is 0 Å². The third kappa shape index (κ3) is 4.04. The SMILES string of the molecule is COc1ccc2c(c1)c1cc(OC)ccc1n2-c1cc(-n2c3ccc(OC)cc3c3cc(OC)ccc32)c(Br)cc1Br. The van der Waals surface area contributed by atoms with E-state index in [9.17, 15) is 0 Å². The van der Waals surface area contributed by atoms with Crippen LogP contribution in [0.3, 0.4) is 0 Å². The van der Waals surface area contributed by atoms with Crippen molar-refractivity contribution in [3.8, 4) is 34.4 Å². The van der Waals surface area contributed by atoms with E-state index in [4.69, 9.17) is 18.9 Å². The minimum atomic E-state index is 0.802. The maximum absolute atomic E-state index is 5.59. The fourth-order valence-corrected chi connectivity index (χ4v) is 7.21. The lowest BCUT2D eigenvalue weighted by Gasteiger charge is -2.16. The molecule has 0 saturated heterocycles. The van der Waals surface area contributed by atoms with Gasteiger partial charge in [0.25, 0.3) is 0 Å². The summed E-state index contributed by atoms with van der Waals surface area (Å²) in [4.78, 5) is 0. The molecule has 8 heteroatoms. The molecule has 0 radical (unpaired) electrons. The molecular formula is C34H26Br2N2O4. The summed E-state index contributed by atoms with van der Waals surface area (Å²) < 4.78 is 28.8. The van der Waals surface area contributed by atoms with E-state index in [1.165, 1.54) is 0 Å². The highest BCUT2D eigenvalue weighted by Gasteiger charge is 2.21. The first-order chi connectivity index (χ1) is 20.4. The smallest absolute Gasteiger partial charge is 0.119 e. The highest BCUT2D eigenvalue weighted by atomic mass is 79.9. The molecule has 2 heterocycles. The molecule has 7 rings (SSSR count). The first kappa shape index (κ1) is 26.7. The lowest BCUT2D eigenvalue weighted by atomic mass is 10.1. The van der Waals surface area contributed by atoms with Crippen molar-refractivity contribution in [1.82, 2.24) is 9.13 Å². The van der Waals surface area contributed by atoms with Crippen LogP contribution < -0.4 is 18.9 Å². The summed E-state index contributed by atoms with van der Waals surface area (Å²) in [6.07, 6.45) is 0. The number of methoxy groups -OCH3 is 4. The number of halogens is 2. The average molecular weight is 686 g/mol. The van der Waals surface area contributed by atoms with Crippen LogP contribution in [0.2, 0.25) is 0 Å². The van der Waals surface area contributed by atoms with Crippen LogP contribution in [-0.4, -0.2) is 37.6 Å². The van der Waals surface area contributed by atoms with E-state index in [-0.39, 0.29) is 0 Å². The van der Waals surface area contributed by atoms with Gasteiger partial charge in [-0.15, -0.1) is 0 Å². The Morgan fingerprint density at radius 3 is 0.952 bits per heavy atom. The summed E-state index contributed by atoms with van der Waals surface area (Å²) in [5.41, 5.74) is 6.24. The summed E-state index contributed by atoms with van der Waals surface area (Å²) in [5, 5.41) is 4.32. The molecule has 5 aromatic carbocycles. The van der Waals surface area contributed by atoms with E-state index in [1.54, 1.807) is 28.4 Å². The zero-order valence-corrected chi connectivity index (χ0v) is 26.5. The minimum absolute atomic E-state index is 0.802. The number of nitrogens with zero attached hydrogens (tertiary/aromatic N) is 2. The molecule has 7 aromatic rings. The molecule has 0 fully saturated rings. The van der Waals surface area contributed by atoms with Gasteiger partial charge in [0.05, 0.1) is 61.9 Å². The number of aromatic nitrogens is 2. The molecule has 0 aliphatic heterocycles. The first-order valence-electron chi connectivity index (χ1n) is 13.3. The van der Waals surface area contributed by atoms with Crippen molar-refractivity contribution >= 4 is 75.5 Å². The summed E-state index contributed by atoms with van der Waals surface area (Å²) >= 11 is 7.78. The van der Waals surface area contributed by atoms with Gasteiger partial charge in [-0.3, -0.25) is 0 Å². The van der Waals surface area contributed by atoms with Crippen molar-refractivity contribution in [3.05, 3.63) is 93.9 Å². The molecule has 0 aliphatic carbocycles. The van der Waals surface area contributed by atoms with E-state index in [1.807, 2.05) is 24.3 Å². The van der Waals surface area contributed by atoms with Crippen LogP contribution in [0.15, 0.2) is 93.9 Å². The van der Waals surface area contributed by atoms with Crippen molar-refractivity contribution in [2.75, 3.05) is 28.4 Å². The fraction of sp³-hybridized carbons (Fsp3) is 0.118. The third-order valence-electron chi connectivity index (χ3n) is 7.86. The molecule has 2 aromatic heterocycles. The Labute approximate surface area is 259 Å². The highest BCUT2D eigenvalue weighted by Crippen LogP contribution is 2.42. The van der Waals surface area contributed by atoms with E-state index in [2.05, 4.69) is 102 Å². The zero-order valence-electron chi connectivity index (χ0n) is 23.4. The summed E-state index contributed by atoms with van der Waals surface area (Å²) in [5.74, 6) is 3.21. The fourth-order valence-electron chi connectivity index (χ4n) is 5.86. The van der Waals surface area contributed by atoms with Gasteiger partial charge in [-0.05, 0) is 117 Å².